The van der Waals surface area contributed by atoms with Crippen molar-refractivity contribution >= 4 is 11.7 Å². The maximum absolute atomic E-state index is 4.98. The first-order valence-electron chi connectivity index (χ1n) is 16.7. The average Bonchev–Trinajstić information content (AvgIpc) is 3.18. The molecule has 50 heavy (non-hydrogen) atoms. The van der Waals surface area contributed by atoms with E-state index in [9.17, 15) is 0 Å². The number of aliphatic imine (C=N–C) groups is 2. The molecular weight excluding hydrogens is 613 g/mol. The summed E-state index contributed by atoms with van der Waals surface area (Å²) in [4.78, 5) is 24.0. The lowest BCUT2D eigenvalue weighted by atomic mass is 9.88. The van der Waals surface area contributed by atoms with Gasteiger partial charge in [0.25, 0.3) is 0 Å². The van der Waals surface area contributed by atoms with Gasteiger partial charge in [-0.1, -0.05) is 146 Å². The van der Waals surface area contributed by atoms with Gasteiger partial charge in [-0.05, 0) is 64.9 Å². The molecule has 1 aliphatic heterocycles. The Morgan fingerprint density at radius 3 is 1.42 bits per heavy atom. The molecule has 240 valence electrons. The van der Waals surface area contributed by atoms with Crippen molar-refractivity contribution in [1.82, 2.24) is 20.3 Å². The van der Waals surface area contributed by atoms with Crippen molar-refractivity contribution in [3.8, 4) is 67.5 Å². The topological polar surface area (TPSA) is 75.4 Å². The number of hydrogen-bond donors (Lipinski definition) is 1. The van der Waals surface area contributed by atoms with Crippen LogP contribution in [-0.2, 0) is 0 Å². The summed E-state index contributed by atoms with van der Waals surface area (Å²) in [6.07, 6.45) is -0.171. The van der Waals surface area contributed by atoms with Crippen LogP contribution in [0.3, 0.4) is 0 Å². The first-order valence-corrected chi connectivity index (χ1v) is 16.7. The molecule has 0 bridgehead atoms. The highest BCUT2D eigenvalue weighted by Crippen LogP contribution is 2.39. The number of nitrogens with zero attached hydrogens (tertiary/aromatic N) is 5. The number of benzene rings is 6. The van der Waals surface area contributed by atoms with Gasteiger partial charge in [-0.15, -0.1) is 0 Å². The van der Waals surface area contributed by atoms with Crippen LogP contribution in [-0.4, -0.2) is 26.6 Å². The summed E-state index contributed by atoms with van der Waals surface area (Å²) >= 11 is 0. The zero-order valence-electron chi connectivity index (χ0n) is 27.8. The fourth-order valence-electron chi connectivity index (χ4n) is 6.46. The first kappa shape index (κ1) is 30.8. The molecule has 6 aromatic carbocycles. The number of nitrogens with one attached hydrogen (secondary N) is 1. The largest absolute Gasteiger partial charge is 0.348 e. The van der Waals surface area contributed by atoms with E-state index in [1.807, 2.05) is 74.5 Å². The number of amidine groups is 2. The molecule has 2 heterocycles. The maximum Gasteiger partial charge on any atom is 0.164 e. The van der Waals surface area contributed by atoms with Crippen LogP contribution in [0.15, 0.2) is 168 Å². The van der Waals surface area contributed by atoms with Gasteiger partial charge in [-0.3, -0.25) is 0 Å². The van der Waals surface area contributed by atoms with Crippen LogP contribution < -0.4 is 5.32 Å². The van der Waals surface area contributed by atoms with Gasteiger partial charge in [0, 0.05) is 16.7 Å². The lowest BCUT2D eigenvalue weighted by molar-refractivity contribution is 0.670. The van der Waals surface area contributed by atoms with E-state index < -0.39 is 0 Å². The molecule has 6 nitrogen and oxygen atoms in total. The van der Waals surface area contributed by atoms with Crippen molar-refractivity contribution in [2.45, 2.75) is 20.0 Å². The van der Waals surface area contributed by atoms with Crippen molar-refractivity contribution in [2.75, 3.05) is 0 Å². The SMILES string of the molecule is CC1=NC(c2cccc(-c3ccccc3-c3ccccc3-c3cccc(-c4nc(-c5ccccc5)nc(-c5ccccc5)n4)c3)c2)NC(C)=N1. The molecule has 0 radical (unpaired) electrons. The van der Waals surface area contributed by atoms with Gasteiger partial charge >= 0.3 is 0 Å². The van der Waals surface area contributed by atoms with Crippen LogP contribution in [0.2, 0.25) is 0 Å². The lowest BCUT2D eigenvalue weighted by Gasteiger charge is -2.21. The molecule has 0 spiro atoms. The quantitative estimate of drug-likeness (QED) is 0.187. The Morgan fingerprint density at radius 2 is 0.860 bits per heavy atom. The Labute approximate surface area is 292 Å². The van der Waals surface area contributed by atoms with E-state index in [4.69, 9.17) is 19.9 Å². The van der Waals surface area contributed by atoms with Gasteiger partial charge in [0.15, 0.2) is 17.5 Å². The Bertz CT molecular complexity index is 2320. The zero-order valence-corrected chi connectivity index (χ0v) is 27.8. The highest BCUT2D eigenvalue weighted by molar-refractivity contribution is 5.97. The smallest absolute Gasteiger partial charge is 0.164 e. The van der Waals surface area contributed by atoms with Crippen LogP contribution in [0.5, 0.6) is 0 Å². The van der Waals surface area contributed by atoms with Crippen molar-refractivity contribution in [1.29, 1.82) is 0 Å². The summed E-state index contributed by atoms with van der Waals surface area (Å²) in [5.74, 6) is 3.56. The fraction of sp³-hybridized carbons (Fsp3) is 0.0682. The maximum atomic E-state index is 4.98. The summed E-state index contributed by atoms with van der Waals surface area (Å²) in [5, 5.41) is 3.41. The van der Waals surface area contributed by atoms with E-state index >= 15 is 0 Å². The Morgan fingerprint density at radius 1 is 0.420 bits per heavy atom. The minimum atomic E-state index is -0.171. The van der Waals surface area contributed by atoms with Crippen molar-refractivity contribution in [3.05, 3.63) is 163 Å². The first-order chi connectivity index (χ1) is 24.6. The van der Waals surface area contributed by atoms with E-state index in [1.165, 1.54) is 0 Å². The monoisotopic (exact) mass is 646 g/mol. The number of aromatic nitrogens is 3. The van der Waals surface area contributed by atoms with E-state index in [-0.39, 0.29) is 6.17 Å². The predicted molar refractivity (Wildman–Crippen MR) is 205 cm³/mol. The molecule has 0 aliphatic carbocycles. The van der Waals surface area contributed by atoms with Crippen LogP contribution >= 0.6 is 0 Å². The zero-order chi connectivity index (χ0) is 33.9. The van der Waals surface area contributed by atoms with E-state index in [0.717, 1.165) is 67.3 Å². The van der Waals surface area contributed by atoms with E-state index in [2.05, 4.69) is 107 Å². The summed E-state index contributed by atoms with van der Waals surface area (Å²) in [5.41, 5.74) is 10.7. The molecule has 1 aliphatic rings. The third-order valence-corrected chi connectivity index (χ3v) is 8.78. The highest BCUT2D eigenvalue weighted by atomic mass is 15.2. The van der Waals surface area contributed by atoms with Gasteiger partial charge < -0.3 is 5.32 Å². The number of rotatable bonds is 7. The molecule has 8 rings (SSSR count). The second-order valence-electron chi connectivity index (χ2n) is 12.3. The summed E-state index contributed by atoms with van der Waals surface area (Å²) < 4.78 is 0. The number of hydrogen-bond acceptors (Lipinski definition) is 6. The lowest BCUT2D eigenvalue weighted by Crippen LogP contribution is -2.29. The second-order valence-corrected chi connectivity index (χ2v) is 12.3. The molecule has 0 saturated heterocycles. The molecule has 0 fully saturated rings. The minimum absolute atomic E-state index is 0.171. The molecule has 0 saturated carbocycles. The van der Waals surface area contributed by atoms with Gasteiger partial charge in [-0.2, -0.15) is 0 Å². The highest BCUT2D eigenvalue weighted by Gasteiger charge is 2.18. The van der Waals surface area contributed by atoms with Crippen LogP contribution in [0.1, 0.15) is 25.6 Å². The normalized spacial score (nSPS) is 14.0. The standard InChI is InChI=1S/C44H34N6/c1-29-45-30(2)47-43(46-29)35-21-13-19-33(27-35)37-23-9-11-25-39(37)40-26-12-10-24-38(40)34-20-14-22-36(28-34)44-49-41(31-15-5-3-6-16-31)48-42(50-44)32-17-7-4-8-18-32/h3-28,43H,1-2H3,(H,45,46,47). The molecular formula is C44H34N6. The predicted octanol–water partition coefficient (Wildman–Crippen LogP) is 10.3. The van der Waals surface area contributed by atoms with Crippen LogP contribution in [0, 0.1) is 0 Å². The van der Waals surface area contributed by atoms with E-state index in [1.54, 1.807) is 0 Å². The third-order valence-electron chi connectivity index (χ3n) is 8.78. The van der Waals surface area contributed by atoms with Crippen molar-refractivity contribution < 1.29 is 0 Å². The molecule has 1 unspecified atom stereocenters. The Balaban J connectivity index is 1.21. The van der Waals surface area contributed by atoms with Crippen molar-refractivity contribution in [2.24, 2.45) is 9.98 Å². The van der Waals surface area contributed by atoms with Gasteiger partial charge in [0.1, 0.15) is 17.8 Å². The average molecular weight is 647 g/mol. The van der Waals surface area contributed by atoms with Crippen LogP contribution in [0.4, 0.5) is 0 Å². The summed E-state index contributed by atoms with van der Waals surface area (Å²) in [6, 6.07) is 54.4. The molecule has 1 N–H and O–H groups in total. The molecule has 6 heteroatoms. The fourth-order valence-corrected chi connectivity index (χ4v) is 6.46. The Hall–Kier alpha value is -6.53. The molecule has 7 aromatic rings. The van der Waals surface area contributed by atoms with Gasteiger partial charge in [-0.25, -0.2) is 24.9 Å². The molecule has 0 amide bonds. The van der Waals surface area contributed by atoms with Gasteiger partial charge in [0.05, 0.1) is 0 Å². The molecule has 1 atom stereocenters. The summed E-state index contributed by atoms with van der Waals surface area (Å²) in [6.45, 7) is 3.91. The van der Waals surface area contributed by atoms with E-state index in [0.29, 0.717) is 17.5 Å². The van der Waals surface area contributed by atoms with Crippen molar-refractivity contribution in [3.63, 3.8) is 0 Å². The Kier molecular flexibility index (Phi) is 8.33. The third kappa shape index (κ3) is 6.34. The second kappa shape index (κ2) is 13.5. The van der Waals surface area contributed by atoms with Crippen LogP contribution in [0.25, 0.3) is 67.5 Å². The minimum Gasteiger partial charge on any atom is -0.348 e. The van der Waals surface area contributed by atoms with Gasteiger partial charge in [0.2, 0.25) is 0 Å². The summed E-state index contributed by atoms with van der Waals surface area (Å²) in [7, 11) is 0. The molecule has 1 aromatic heterocycles.